The molecule has 0 saturated heterocycles. The molecule has 0 amide bonds. The van der Waals surface area contributed by atoms with Crippen LogP contribution in [-0.2, 0) is 30.7 Å². The molecule has 0 radical (unpaired) electrons. The number of rotatable bonds is 14. The van der Waals surface area contributed by atoms with E-state index >= 15 is 0 Å². The van der Waals surface area contributed by atoms with E-state index in [2.05, 4.69) is 13.8 Å². The van der Waals surface area contributed by atoms with Crippen LogP contribution in [0.4, 0.5) is 0 Å². The normalized spacial score (nSPS) is 14.4. The molecule has 2 unspecified atom stereocenters. The first-order valence-electron chi connectivity index (χ1n) is 8.40. The fraction of sp³-hybridized carbons (Fsp3) is 1.00. The summed E-state index contributed by atoms with van der Waals surface area (Å²) in [5.74, 6) is 0. The minimum Gasteiger partial charge on any atom is -0.116 e. The van der Waals surface area contributed by atoms with Gasteiger partial charge in [0.1, 0.15) is 12.2 Å². The van der Waals surface area contributed by atoms with Crippen LogP contribution in [-0.4, -0.2) is 12.2 Å². The maximum atomic E-state index is 11.7. The molecule has 0 aliphatic carbocycles. The van der Waals surface area contributed by atoms with Gasteiger partial charge in [-0.3, -0.25) is 0 Å². The van der Waals surface area contributed by atoms with Gasteiger partial charge in [0, 0.05) is 4.57 Å². The third-order valence-electron chi connectivity index (χ3n) is 3.46. The van der Waals surface area contributed by atoms with Crippen LogP contribution >= 0.6 is 8.25 Å². The van der Waals surface area contributed by atoms with E-state index in [1.807, 2.05) is 13.8 Å². The third kappa shape index (κ3) is 16.7. The van der Waals surface area contributed by atoms with Gasteiger partial charge in [0.15, 0.2) is 0 Å². The van der Waals surface area contributed by atoms with Crippen molar-refractivity contribution in [3.63, 3.8) is 0 Å². The van der Waals surface area contributed by atoms with E-state index < -0.39 is 8.25 Å². The summed E-state index contributed by atoms with van der Waals surface area (Å²) in [5.41, 5.74) is 0. The maximum absolute atomic E-state index is 11.7. The Kier molecular flexibility index (Phi) is 19.2. The summed E-state index contributed by atoms with van der Waals surface area (Å²) in [4.78, 5) is 0. The van der Waals surface area contributed by atoms with Crippen LogP contribution in [0.15, 0.2) is 0 Å². The van der Waals surface area contributed by atoms with Crippen molar-refractivity contribution in [2.75, 3.05) is 0 Å². The molecule has 0 saturated carbocycles. The fourth-order valence-corrected chi connectivity index (χ4v) is 2.99. The molecule has 0 aromatic rings. The van der Waals surface area contributed by atoms with Gasteiger partial charge in [0.05, 0.1) is 0 Å². The largest absolute Gasteiger partial charge is 2.00 e. The molecule has 0 fully saturated rings. The van der Waals surface area contributed by atoms with E-state index in [9.17, 15) is 4.57 Å². The second-order valence-corrected chi connectivity index (χ2v) is 6.62. The van der Waals surface area contributed by atoms with Crippen molar-refractivity contribution in [2.45, 2.75) is 104 Å². The Morgan fingerprint density at radius 1 is 0.762 bits per heavy atom. The molecule has 5 heteroatoms. The predicted molar refractivity (Wildman–Crippen MR) is 86.2 cm³/mol. The average Bonchev–Trinajstić information content (AvgIpc) is 2.39. The van der Waals surface area contributed by atoms with Crippen LogP contribution in [0.25, 0.3) is 0 Å². The first-order valence-corrected chi connectivity index (χ1v) is 9.50. The minimum atomic E-state index is -1.96. The van der Waals surface area contributed by atoms with Crippen LogP contribution < -0.4 is 0 Å². The van der Waals surface area contributed by atoms with Crippen LogP contribution in [0.2, 0.25) is 0 Å². The molecule has 0 spiro atoms. The monoisotopic (exact) mass is 361 g/mol. The number of hydrogen-bond donors (Lipinski definition) is 0. The summed E-state index contributed by atoms with van der Waals surface area (Å²) in [6.45, 7) is 8.36. The van der Waals surface area contributed by atoms with Crippen molar-refractivity contribution in [1.29, 1.82) is 0 Å². The third-order valence-corrected chi connectivity index (χ3v) is 4.52. The smallest absolute Gasteiger partial charge is 0.116 e. The molecule has 0 bridgehead atoms. The van der Waals surface area contributed by atoms with Crippen molar-refractivity contribution in [3.05, 3.63) is 0 Å². The van der Waals surface area contributed by atoms with Gasteiger partial charge in [-0.1, -0.05) is 65.2 Å². The number of hydrogen-bond acceptors (Lipinski definition) is 3. The molecule has 0 aliphatic heterocycles. The average molecular weight is 361 g/mol. The zero-order valence-corrected chi connectivity index (χ0v) is 16.2. The topological polar surface area (TPSA) is 35.5 Å². The predicted octanol–water partition coefficient (Wildman–Crippen LogP) is 6.39. The molecule has 0 aliphatic rings. The van der Waals surface area contributed by atoms with Crippen molar-refractivity contribution in [3.8, 4) is 0 Å². The van der Waals surface area contributed by atoms with E-state index in [1.165, 1.54) is 38.5 Å². The molecule has 0 rings (SSSR count). The van der Waals surface area contributed by atoms with Crippen LogP contribution in [0, 0.1) is 0 Å². The first kappa shape index (κ1) is 23.8. The molecule has 3 nitrogen and oxygen atoms in total. The Labute approximate surface area is 143 Å². The molecule has 21 heavy (non-hydrogen) atoms. The zero-order chi connectivity index (χ0) is 15.2. The first-order chi connectivity index (χ1) is 9.60. The molecular formula is C16H34FeO3P+3. The number of unbranched alkanes of at least 4 members (excludes halogenated alkanes) is 6. The van der Waals surface area contributed by atoms with E-state index in [-0.39, 0.29) is 29.3 Å². The van der Waals surface area contributed by atoms with Crippen molar-refractivity contribution in [2.24, 2.45) is 0 Å². The summed E-state index contributed by atoms with van der Waals surface area (Å²) in [5, 5.41) is 0. The van der Waals surface area contributed by atoms with Crippen LogP contribution in [0.5, 0.6) is 0 Å². The maximum Gasteiger partial charge on any atom is 2.00 e. The van der Waals surface area contributed by atoms with E-state index in [1.54, 1.807) is 0 Å². The Morgan fingerprint density at radius 3 is 1.48 bits per heavy atom. The summed E-state index contributed by atoms with van der Waals surface area (Å²) in [6.07, 6.45) is 11.8. The molecule has 0 N–H and O–H groups in total. The minimum absolute atomic E-state index is 0. The summed E-state index contributed by atoms with van der Waals surface area (Å²) >= 11 is 0. The second-order valence-electron chi connectivity index (χ2n) is 5.75. The Bertz CT molecular complexity index is 218. The fourth-order valence-electron chi connectivity index (χ4n) is 2.14. The van der Waals surface area contributed by atoms with Gasteiger partial charge in [-0.15, -0.1) is 9.05 Å². The quantitative estimate of drug-likeness (QED) is 0.204. The Morgan fingerprint density at radius 2 is 1.14 bits per heavy atom. The van der Waals surface area contributed by atoms with Crippen LogP contribution in [0.1, 0.15) is 91.9 Å². The molecule has 0 aromatic heterocycles. The van der Waals surface area contributed by atoms with Crippen molar-refractivity contribution >= 4 is 8.25 Å². The van der Waals surface area contributed by atoms with Crippen molar-refractivity contribution in [1.82, 2.24) is 0 Å². The van der Waals surface area contributed by atoms with Crippen molar-refractivity contribution < 1.29 is 30.7 Å². The van der Waals surface area contributed by atoms with Crippen LogP contribution in [0.3, 0.4) is 0 Å². The molecular weight excluding hydrogens is 327 g/mol. The van der Waals surface area contributed by atoms with E-state index in [4.69, 9.17) is 9.05 Å². The molecule has 2 atom stereocenters. The standard InChI is InChI=1S/C16H34O3P.Fe/c1-5-7-9-11-13-15(3)18-20(17)19-16(4)14-12-10-8-6-2;/h15-16H,5-14H2,1-4H3;/q+1;+2. The van der Waals surface area contributed by atoms with Gasteiger partial charge in [-0.2, -0.15) is 0 Å². The summed E-state index contributed by atoms with van der Waals surface area (Å²) in [6, 6.07) is 0. The Balaban J connectivity index is 0. The van der Waals surface area contributed by atoms with Gasteiger partial charge in [0.2, 0.25) is 0 Å². The summed E-state index contributed by atoms with van der Waals surface area (Å²) in [7, 11) is -1.96. The van der Waals surface area contributed by atoms with Gasteiger partial charge < -0.3 is 0 Å². The summed E-state index contributed by atoms with van der Waals surface area (Å²) < 4.78 is 22.6. The van der Waals surface area contributed by atoms with Gasteiger partial charge in [0.25, 0.3) is 0 Å². The second kappa shape index (κ2) is 16.9. The van der Waals surface area contributed by atoms with E-state index in [0.29, 0.717) is 0 Å². The molecule has 126 valence electrons. The van der Waals surface area contributed by atoms with Gasteiger partial charge in [-0.25, -0.2) is 0 Å². The van der Waals surface area contributed by atoms with Gasteiger partial charge >= 0.3 is 25.3 Å². The Hall–Kier alpha value is 0.539. The van der Waals surface area contributed by atoms with E-state index in [0.717, 1.165) is 25.7 Å². The zero-order valence-electron chi connectivity index (χ0n) is 14.3. The van der Waals surface area contributed by atoms with Gasteiger partial charge in [-0.05, 0) is 26.7 Å². The molecule has 0 heterocycles. The SMILES string of the molecule is CCCCCCC(C)O[P+](=O)OC(C)CCCCCC.[Fe+2]. The molecule has 0 aromatic carbocycles.